The molecule has 3 aliphatic heterocycles. The lowest BCUT2D eigenvalue weighted by Gasteiger charge is -2.30. The number of amides is 3. The van der Waals surface area contributed by atoms with E-state index in [1.165, 1.54) is 10.6 Å². The van der Waals surface area contributed by atoms with E-state index >= 15 is 0 Å². The third-order valence-corrected chi connectivity index (χ3v) is 8.76. The summed E-state index contributed by atoms with van der Waals surface area (Å²) in [6, 6.07) is 23.2. The van der Waals surface area contributed by atoms with Gasteiger partial charge in [-0.05, 0) is 68.0 Å². The Morgan fingerprint density at radius 1 is 0.884 bits per heavy atom. The molecule has 0 bridgehead atoms. The van der Waals surface area contributed by atoms with E-state index in [1.807, 2.05) is 13.0 Å². The highest BCUT2D eigenvalue weighted by Crippen LogP contribution is 2.45. The molecule has 1 aliphatic carbocycles. The van der Waals surface area contributed by atoms with Gasteiger partial charge in [-0.25, -0.2) is 9.91 Å². The third kappa shape index (κ3) is 4.74. The van der Waals surface area contributed by atoms with Gasteiger partial charge in [-0.1, -0.05) is 83.1 Å². The molecule has 2 fully saturated rings. The van der Waals surface area contributed by atoms with Gasteiger partial charge in [-0.15, -0.1) is 0 Å². The Balaban J connectivity index is 1.19. The van der Waals surface area contributed by atoms with Gasteiger partial charge < -0.3 is 0 Å². The first-order chi connectivity index (χ1) is 20.9. The molecule has 0 radical (unpaired) electrons. The third-order valence-electron chi connectivity index (χ3n) is 8.76. The van der Waals surface area contributed by atoms with E-state index in [0.717, 1.165) is 52.1 Å². The fraction of sp³-hybridized carbons (Fsp3) is 0.294. The predicted molar refractivity (Wildman–Crippen MR) is 163 cm³/mol. The molecule has 0 N–H and O–H groups in total. The SMILES string of the molecule is Cc1ccc(/C=C2\CCCC3C2=NN(C(=O)CN2N=NC4C(=O)N(c5ccccc5)C(=O)C42)C3c2ccc(C)cc2)cc1. The summed E-state index contributed by atoms with van der Waals surface area (Å²) in [6.45, 7) is 3.90. The van der Waals surface area contributed by atoms with Crippen LogP contribution in [0.1, 0.15) is 47.6 Å². The van der Waals surface area contributed by atoms with Crippen molar-refractivity contribution in [1.29, 1.82) is 0 Å². The van der Waals surface area contributed by atoms with Gasteiger partial charge in [0.2, 0.25) is 0 Å². The minimum absolute atomic E-state index is 0.0494. The number of aryl methyl sites for hydroxylation is 2. The second-order valence-electron chi connectivity index (χ2n) is 11.7. The van der Waals surface area contributed by atoms with Crippen molar-refractivity contribution in [3.8, 4) is 0 Å². The molecule has 3 heterocycles. The van der Waals surface area contributed by atoms with Crippen LogP contribution < -0.4 is 4.90 Å². The number of nitrogens with zero attached hydrogens (tertiary/aromatic N) is 6. The van der Waals surface area contributed by atoms with Crippen molar-refractivity contribution in [3.63, 3.8) is 0 Å². The molecule has 4 aliphatic rings. The maximum Gasteiger partial charge on any atom is 0.264 e. The van der Waals surface area contributed by atoms with E-state index in [1.54, 1.807) is 29.3 Å². The Labute approximate surface area is 250 Å². The number of hydrazone groups is 1. The van der Waals surface area contributed by atoms with Crippen molar-refractivity contribution in [2.24, 2.45) is 21.4 Å². The quantitative estimate of drug-likeness (QED) is 0.381. The number of anilines is 1. The lowest BCUT2D eigenvalue weighted by Crippen LogP contribution is -2.45. The topological polar surface area (TPSA) is 98.0 Å². The van der Waals surface area contributed by atoms with E-state index in [4.69, 9.17) is 5.10 Å². The van der Waals surface area contributed by atoms with Crippen molar-refractivity contribution in [2.75, 3.05) is 11.4 Å². The molecule has 7 rings (SSSR count). The van der Waals surface area contributed by atoms with Crippen molar-refractivity contribution < 1.29 is 14.4 Å². The highest BCUT2D eigenvalue weighted by atomic mass is 16.2. The molecule has 4 unspecified atom stereocenters. The number of benzene rings is 3. The first kappa shape index (κ1) is 26.9. The molecule has 0 aromatic heterocycles. The molecule has 43 heavy (non-hydrogen) atoms. The van der Waals surface area contributed by atoms with Crippen LogP contribution in [0.15, 0.2) is 99.9 Å². The van der Waals surface area contributed by atoms with Gasteiger partial charge >= 0.3 is 0 Å². The summed E-state index contributed by atoms with van der Waals surface area (Å²) < 4.78 is 0. The van der Waals surface area contributed by atoms with Crippen LogP contribution >= 0.6 is 0 Å². The second kappa shape index (κ2) is 10.7. The second-order valence-corrected chi connectivity index (χ2v) is 11.7. The number of carbonyl (C=O) groups is 3. The molecule has 0 spiro atoms. The minimum atomic E-state index is -0.968. The molecular formula is C34H32N6O3. The number of rotatable bonds is 5. The monoisotopic (exact) mass is 572 g/mol. The Hall–Kier alpha value is -4.92. The number of imide groups is 1. The zero-order chi connectivity index (χ0) is 29.7. The van der Waals surface area contributed by atoms with Crippen molar-refractivity contribution in [3.05, 3.63) is 107 Å². The van der Waals surface area contributed by atoms with E-state index in [-0.39, 0.29) is 24.4 Å². The Bertz CT molecular complexity index is 1680. The first-order valence-electron chi connectivity index (χ1n) is 14.7. The van der Waals surface area contributed by atoms with Crippen molar-refractivity contribution >= 4 is 35.2 Å². The molecule has 3 amide bonds. The molecule has 1 saturated heterocycles. The average molecular weight is 573 g/mol. The number of hydrogen-bond acceptors (Lipinski definition) is 7. The molecule has 9 heteroatoms. The van der Waals surface area contributed by atoms with Crippen LogP contribution in [0.25, 0.3) is 6.08 Å². The number of hydrogen-bond donors (Lipinski definition) is 0. The lowest BCUT2D eigenvalue weighted by molar-refractivity contribution is -0.136. The predicted octanol–water partition coefficient (Wildman–Crippen LogP) is 5.42. The fourth-order valence-electron chi connectivity index (χ4n) is 6.56. The van der Waals surface area contributed by atoms with Crippen LogP contribution in [0.5, 0.6) is 0 Å². The van der Waals surface area contributed by atoms with Crippen LogP contribution in [0.4, 0.5) is 5.69 Å². The van der Waals surface area contributed by atoms with Gasteiger partial charge in [0.05, 0.1) is 17.4 Å². The number of carbonyl (C=O) groups excluding carboxylic acids is 3. The zero-order valence-electron chi connectivity index (χ0n) is 24.1. The lowest BCUT2D eigenvalue weighted by atomic mass is 9.77. The standard InChI is InChI=1S/C34H32N6O3/c1-21-11-15-23(16-12-21)19-25-7-6-10-27-29(25)36-40(31(27)24-17-13-22(2)14-18-24)28(41)20-38-32-30(35-37-38)33(42)39(34(32)43)26-8-4-3-5-9-26/h3-5,8-9,11-19,27,30-32H,6-7,10,20H2,1-2H3/b25-19+. The molecular weight excluding hydrogens is 540 g/mol. The van der Waals surface area contributed by atoms with Gasteiger partial charge in [-0.2, -0.15) is 10.2 Å². The molecule has 9 nitrogen and oxygen atoms in total. The highest BCUT2D eigenvalue weighted by molar-refractivity contribution is 6.25. The first-order valence-corrected chi connectivity index (χ1v) is 14.7. The van der Waals surface area contributed by atoms with Gasteiger partial charge in [0.1, 0.15) is 6.54 Å². The van der Waals surface area contributed by atoms with Gasteiger partial charge in [0, 0.05) is 5.92 Å². The molecule has 3 aromatic carbocycles. The van der Waals surface area contributed by atoms with Crippen LogP contribution in [0.3, 0.4) is 0 Å². The average Bonchev–Trinajstić information content (AvgIpc) is 3.68. The Morgan fingerprint density at radius 3 is 2.30 bits per heavy atom. The van der Waals surface area contributed by atoms with Crippen LogP contribution in [-0.4, -0.2) is 52.1 Å². The molecule has 4 atom stereocenters. The Kier molecular flexibility index (Phi) is 6.72. The summed E-state index contributed by atoms with van der Waals surface area (Å²) in [4.78, 5) is 41.8. The largest absolute Gasteiger partial charge is 0.271 e. The van der Waals surface area contributed by atoms with Gasteiger partial charge in [0.25, 0.3) is 17.7 Å². The van der Waals surface area contributed by atoms with Gasteiger partial charge in [-0.3, -0.25) is 19.4 Å². The summed E-state index contributed by atoms with van der Waals surface area (Å²) in [7, 11) is 0. The maximum atomic E-state index is 14.1. The van der Waals surface area contributed by atoms with E-state index < -0.39 is 23.9 Å². The summed E-state index contributed by atoms with van der Waals surface area (Å²) in [6.07, 6.45) is 4.99. The van der Waals surface area contributed by atoms with E-state index in [2.05, 4.69) is 71.9 Å². The van der Waals surface area contributed by atoms with Crippen molar-refractivity contribution in [1.82, 2.24) is 10.0 Å². The van der Waals surface area contributed by atoms with E-state index in [9.17, 15) is 14.4 Å². The molecule has 216 valence electrons. The number of fused-ring (bicyclic) bond motifs is 2. The number of allylic oxidation sites excluding steroid dienone is 1. The smallest absolute Gasteiger partial charge is 0.264 e. The van der Waals surface area contributed by atoms with Crippen molar-refractivity contribution in [2.45, 2.75) is 51.2 Å². The Morgan fingerprint density at radius 2 is 1.58 bits per heavy atom. The summed E-state index contributed by atoms with van der Waals surface area (Å²) >= 11 is 0. The van der Waals surface area contributed by atoms with Crippen LogP contribution in [-0.2, 0) is 14.4 Å². The normalized spacial score (nSPS) is 25.4. The van der Waals surface area contributed by atoms with E-state index in [0.29, 0.717) is 5.69 Å². The van der Waals surface area contributed by atoms with Gasteiger partial charge in [0.15, 0.2) is 12.1 Å². The highest BCUT2D eigenvalue weighted by Gasteiger charge is 2.55. The maximum absolute atomic E-state index is 14.1. The molecule has 3 aromatic rings. The fourth-order valence-corrected chi connectivity index (χ4v) is 6.56. The number of para-hydroxylation sites is 1. The summed E-state index contributed by atoms with van der Waals surface area (Å²) in [5, 5.41) is 16.2. The summed E-state index contributed by atoms with van der Waals surface area (Å²) in [5.74, 6) is -1.11. The minimum Gasteiger partial charge on any atom is -0.271 e. The molecule has 1 saturated carbocycles. The van der Waals surface area contributed by atoms with Crippen LogP contribution in [0.2, 0.25) is 0 Å². The van der Waals surface area contributed by atoms with Crippen LogP contribution in [0, 0.1) is 19.8 Å². The zero-order valence-corrected chi connectivity index (χ0v) is 24.1. The summed E-state index contributed by atoms with van der Waals surface area (Å²) in [5.41, 5.74) is 7.03.